The molecule has 0 saturated carbocycles. The van der Waals surface area contributed by atoms with E-state index in [0.717, 1.165) is 46.9 Å². The zero-order chi connectivity index (χ0) is 37.5. The molecule has 52 heavy (non-hydrogen) atoms. The van der Waals surface area contributed by atoms with Gasteiger partial charge in [-0.15, -0.1) is 16.4 Å². The number of aryl methyl sites for hydroxylation is 2. The summed E-state index contributed by atoms with van der Waals surface area (Å²) in [5.74, 6) is -1.11. The van der Waals surface area contributed by atoms with Crippen LogP contribution in [0.4, 0.5) is 0 Å². The standard InChI is InChI=1S/C36H54N8O7S/c1-25-32(52-24-39-25)27-9-7-26(8-10-27)20-38-34(47)30-19-29(45)22-44(30)35(48)33(36(2,3)4)40-31(46)11-14-49-15-16-50-17-18-51-23-28-21-43(42-41-28)13-6-12-37-5/h7-10,21,24,29-30,33,37,45H,6,11-20,22-23H2,1-5H3,(H,38,47)(H,40,46)/t29-,30+,33-/m1/s1. The summed E-state index contributed by atoms with van der Waals surface area (Å²) in [6, 6.07) is 6.13. The molecule has 1 fully saturated rings. The highest BCUT2D eigenvalue weighted by atomic mass is 32.1. The van der Waals surface area contributed by atoms with Crippen molar-refractivity contribution >= 4 is 29.1 Å². The Kier molecular flexibility index (Phi) is 16.1. The van der Waals surface area contributed by atoms with Crippen molar-refractivity contribution in [3.63, 3.8) is 0 Å². The lowest BCUT2D eigenvalue weighted by Crippen LogP contribution is -2.57. The number of rotatable bonds is 21. The lowest BCUT2D eigenvalue weighted by atomic mass is 9.85. The Morgan fingerprint density at radius 1 is 1.06 bits per heavy atom. The third-order valence-corrected chi connectivity index (χ3v) is 9.56. The molecule has 0 radical (unpaired) electrons. The monoisotopic (exact) mass is 742 g/mol. The quantitative estimate of drug-likeness (QED) is 0.117. The summed E-state index contributed by atoms with van der Waals surface area (Å²) in [6.45, 7) is 11.5. The summed E-state index contributed by atoms with van der Waals surface area (Å²) in [5.41, 5.74) is 4.86. The minimum absolute atomic E-state index is 0.00918. The minimum Gasteiger partial charge on any atom is -0.391 e. The molecule has 286 valence electrons. The topological polar surface area (TPSA) is 182 Å². The van der Waals surface area contributed by atoms with Crippen molar-refractivity contribution < 1.29 is 33.7 Å². The first kappa shape index (κ1) is 41.0. The van der Waals surface area contributed by atoms with Crippen LogP contribution in [-0.2, 0) is 48.3 Å². The number of likely N-dealkylation sites (tertiary alicyclic amines) is 1. The molecule has 3 heterocycles. The molecule has 4 rings (SSSR count). The van der Waals surface area contributed by atoms with Gasteiger partial charge in [-0.2, -0.15) is 0 Å². The Morgan fingerprint density at radius 3 is 2.44 bits per heavy atom. The molecule has 16 heteroatoms. The van der Waals surface area contributed by atoms with Crippen LogP contribution in [0.3, 0.4) is 0 Å². The van der Waals surface area contributed by atoms with Gasteiger partial charge in [0.05, 0.1) is 68.0 Å². The largest absolute Gasteiger partial charge is 0.391 e. The number of aliphatic hydroxyl groups excluding tert-OH is 1. The first-order valence-corrected chi connectivity index (χ1v) is 18.7. The van der Waals surface area contributed by atoms with Gasteiger partial charge in [-0.25, -0.2) is 4.98 Å². The summed E-state index contributed by atoms with van der Waals surface area (Å²) in [6.07, 6.45) is 2.17. The van der Waals surface area contributed by atoms with Gasteiger partial charge in [0.1, 0.15) is 17.8 Å². The van der Waals surface area contributed by atoms with Crippen molar-refractivity contribution in [2.45, 2.75) is 84.8 Å². The molecule has 1 aliphatic heterocycles. The molecule has 3 aromatic rings. The normalized spacial score (nSPS) is 16.6. The van der Waals surface area contributed by atoms with E-state index in [9.17, 15) is 19.5 Å². The van der Waals surface area contributed by atoms with Gasteiger partial charge in [-0.05, 0) is 43.5 Å². The second kappa shape index (κ2) is 20.4. The van der Waals surface area contributed by atoms with Gasteiger partial charge in [-0.1, -0.05) is 50.3 Å². The molecule has 3 atom stereocenters. The molecular formula is C36H54N8O7S. The van der Waals surface area contributed by atoms with Gasteiger partial charge >= 0.3 is 0 Å². The predicted molar refractivity (Wildman–Crippen MR) is 196 cm³/mol. The highest BCUT2D eigenvalue weighted by Gasteiger charge is 2.44. The third-order valence-electron chi connectivity index (χ3n) is 8.58. The van der Waals surface area contributed by atoms with Crippen LogP contribution in [0.5, 0.6) is 0 Å². The average Bonchev–Trinajstić information content (AvgIpc) is 3.86. The number of hydrogen-bond acceptors (Lipinski definition) is 12. The Labute approximate surface area is 309 Å². The van der Waals surface area contributed by atoms with Gasteiger partial charge < -0.3 is 40.2 Å². The number of benzene rings is 1. The molecule has 4 N–H and O–H groups in total. The molecule has 0 unspecified atom stereocenters. The first-order valence-electron chi connectivity index (χ1n) is 17.8. The molecule has 15 nitrogen and oxygen atoms in total. The lowest BCUT2D eigenvalue weighted by Gasteiger charge is -2.35. The Bertz CT molecular complexity index is 1560. The van der Waals surface area contributed by atoms with E-state index in [-0.39, 0.29) is 44.4 Å². The van der Waals surface area contributed by atoms with Crippen molar-refractivity contribution in [3.05, 3.63) is 52.9 Å². The average molecular weight is 743 g/mol. The number of aliphatic hydroxyl groups is 1. The maximum Gasteiger partial charge on any atom is 0.246 e. The van der Waals surface area contributed by atoms with E-state index in [1.165, 1.54) is 4.90 Å². The molecule has 2 aromatic heterocycles. The fourth-order valence-corrected chi connectivity index (χ4v) is 6.54. The SMILES string of the molecule is CNCCCn1cc(COCCOCCOCCC(=O)N[C@H](C(=O)N2C[C@H](O)C[C@H]2C(=O)NCc2ccc(-c3scnc3C)cc2)C(C)(C)C)nn1. The Morgan fingerprint density at radius 2 is 1.77 bits per heavy atom. The minimum atomic E-state index is -0.908. The van der Waals surface area contributed by atoms with E-state index < -0.39 is 29.5 Å². The van der Waals surface area contributed by atoms with E-state index >= 15 is 0 Å². The van der Waals surface area contributed by atoms with Gasteiger partial charge in [0, 0.05) is 32.5 Å². The van der Waals surface area contributed by atoms with E-state index in [2.05, 4.69) is 31.2 Å². The lowest BCUT2D eigenvalue weighted by molar-refractivity contribution is -0.144. The molecule has 1 saturated heterocycles. The van der Waals surface area contributed by atoms with Gasteiger partial charge in [0.2, 0.25) is 17.7 Å². The van der Waals surface area contributed by atoms with Crippen molar-refractivity contribution in [2.75, 3.05) is 53.2 Å². The fourth-order valence-electron chi connectivity index (χ4n) is 5.73. The third kappa shape index (κ3) is 12.7. The van der Waals surface area contributed by atoms with E-state index in [1.54, 1.807) is 16.0 Å². The van der Waals surface area contributed by atoms with Crippen LogP contribution < -0.4 is 16.0 Å². The molecule has 0 spiro atoms. The van der Waals surface area contributed by atoms with Crippen LogP contribution in [0.15, 0.2) is 36.0 Å². The van der Waals surface area contributed by atoms with Gasteiger partial charge in [0.15, 0.2) is 0 Å². The second-order valence-electron chi connectivity index (χ2n) is 13.9. The summed E-state index contributed by atoms with van der Waals surface area (Å²) in [7, 11) is 1.92. The predicted octanol–water partition coefficient (Wildman–Crippen LogP) is 2.07. The van der Waals surface area contributed by atoms with Crippen LogP contribution in [0.25, 0.3) is 10.4 Å². The zero-order valence-corrected chi connectivity index (χ0v) is 31.7. The number of hydrogen-bond donors (Lipinski definition) is 4. The van der Waals surface area contributed by atoms with Crippen molar-refractivity contribution in [1.29, 1.82) is 0 Å². The number of carbonyl (C=O) groups excluding carboxylic acids is 3. The molecular weight excluding hydrogens is 689 g/mol. The van der Waals surface area contributed by atoms with Gasteiger partial charge in [0.25, 0.3) is 0 Å². The number of amides is 3. The Hall–Kier alpha value is -3.80. The first-order chi connectivity index (χ1) is 25.0. The van der Waals surface area contributed by atoms with E-state index in [4.69, 9.17) is 14.2 Å². The number of thiazole rings is 1. The zero-order valence-electron chi connectivity index (χ0n) is 30.9. The molecule has 3 amide bonds. The molecule has 0 bridgehead atoms. The highest BCUT2D eigenvalue weighted by Crippen LogP contribution is 2.28. The smallest absolute Gasteiger partial charge is 0.246 e. The highest BCUT2D eigenvalue weighted by molar-refractivity contribution is 7.13. The Balaban J connectivity index is 1.14. The molecule has 0 aliphatic carbocycles. The van der Waals surface area contributed by atoms with Crippen LogP contribution in [0.1, 0.15) is 57.0 Å². The summed E-state index contributed by atoms with van der Waals surface area (Å²) in [4.78, 5) is 46.9. The molecule has 1 aromatic carbocycles. The van der Waals surface area contributed by atoms with Crippen LogP contribution in [-0.4, -0.2) is 119 Å². The summed E-state index contributed by atoms with van der Waals surface area (Å²) < 4.78 is 18.5. The summed E-state index contributed by atoms with van der Waals surface area (Å²) >= 11 is 1.58. The maximum atomic E-state index is 13.8. The van der Waals surface area contributed by atoms with Crippen LogP contribution >= 0.6 is 11.3 Å². The fraction of sp³-hybridized carbons (Fsp3) is 0.611. The second-order valence-corrected chi connectivity index (χ2v) is 14.8. The number of carbonyl (C=O) groups is 3. The number of nitrogens with zero attached hydrogens (tertiary/aromatic N) is 5. The number of ether oxygens (including phenoxy) is 3. The van der Waals surface area contributed by atoms with E-state index in [0.29, 0.717) is 33.0 Å². The summed E-state index contributed by atoms with van der Waals surface area (Å²) in [5, 5.41) is 27.5. The number of β-amino-alcohol motifs (C(OH)–C–C–N with tert-alkyl or cyclic N) is 1. The van der Waals surface area contributed by atoms with Crippen molar-refractivity contribution in [2.24, 2.45) is 5.41 Å². The number of nitrogens with one attached hydrogen (secondary N) is 3. The van der Waals surface area contributed by atoms with E-state index in [1.807, 2.05) is 70.7 Å². The number of aromatic nitrogens is 4. The molecule has 1 aliphatic rings. The van der Waals surface area contributed by atoms with Crippen LogP contribution in [0, 0.1) is 12.3 Å². The van der Waals surface area contributed by atoms with Crippen molar-refractivity contribution in [3.8, 4) is 10.4 Å². The van der Waals surface area contributed by atoms with Crippen molar-refractivity contribution in [1.82, 2.24) is 40.8 Å². The van der Waals surface area contributed by atoms with Crippen LogP contribution in [0.2, 0.25) is 0 Å². The maximum absolute atomic E-state index is 13.8. The van der Waals surface area contributed by atoms with Gasteiger partial charge in [-0.3, -0.25) is 19.1 Å².